The molecule has 0 aliphatic heterocycles. The van der Waals surface area contributed by atoms with E-state index in [2.05, 4.69) is 63.3 Å². The lowest BCUT2D eigenvalue weighted by molar-refractivity contribution is 0.590. The summed E-state index contributed by atoms with van der Waals surface area (Å²) in [5.74, 6) is 0. The largest absolute Gasteiger partial charge is 0.198 e. The highest BCUT2D eigenvalue weighted by molar-refractivity contribution is 5.71. The fraction of sp³-hybridized carbons (Fsp3) is 0.250. The lowest BCUT2D eigenvalue weighted by atomic mass is 9.86. The number of hydrogen-bond donors (Lipinski definition) is 0. The minimum Gasteiger partial charge on any atom is -0.198 e. The van der Waals surface area contributed by atoms with Gasteiger partial charge in [-0.3, -0.25) is 0 Å². The summed E-state index contributed by atoms with van der Waals surface area (Å²) in [6.07, 6.45) is 4.63. The molecule has 0 aliphatic carbocycles. The van der Waals surface area contributed by atoms with Crippen LogP contribution in [0.5, 0.6) is 0 Å². The normalized spacial score (nSPS) is 11.5. The number of benzene rings is 2. The van der Waals surface area contributed by atoms with E-state index in [0.29, 0.717) is 6.42 Å². The highest BCUT2D eigenvalue weighted by Crippen LogP contribution is 2.23. The molecule has 0 saturated heterocycles. The summed E-state index contributed by atoms with van der Waals surface area (Å²) in [4.78, 5) is 0. The summed E-state index contributed by atoms with van der Waals surface area (Å²) in [7, 11) is 0. The molecule has 0 aromatic heterocycles. The molecule has 21 heavy (non-hydrogen) atoms. The van der Waals surface area contributed by atoms with Crippen molar-refractivity contribution in [2.75, 3.05) is 0 Å². The zero-order valence-corrected chi connectivity index (χ0v) is 12.9. The van der Waals surface area contributed by atoms with Crippen LogP contribution in [-0.2, 0) is 11.8 Å². The minimum atomic E-state index is 0.182. The summed E-state index contributed by atoms with van der Waals surface area (Å²) in [5.41, 5.74) is 4.88. The fourth-order valence-electron chi connectivity index (χ4n) is 2.22. The molecular weight excluding hydrogens is 254 g/mol. The van der Waals surface area contributed by atoms with Gasteiger partial charge in [0.15, 0.2) is 0 Å². The Morgan fingerprint density at radius 3 is 2.24 bits per heavy atom. The zero-order chi connectivity index (χ0) is 15.3. The summed E-state index contributed by atoms with van der Waals surface area (Å²) < 4.78 is 0. The van der Waals surface area contributed by atoms with Gasteiger partial charge in [-0.25, -0.2) is 0 Å². The van der Waals surface area contributed by atoms with Gasteiger partial charge in [0.25, 0.3) is 0 Å². The van der Waals surface area contributed by atoms with Gasteiger partial charge >= 0.3 is 0 Å². The molecule has 2 rings (SSSR count). The fourth-order valence-corrected chi connectivity index (χ4v) is 2.22. The smallest absolute Gasteiger partial charge is 0.0669 e. The number of nitrogens with zero attached hydrogens (tertiary/aromatic N) is 1. The average Bonchev–Trinajstić information content (AvgIpc) is 2.46. The summed E-state index contributed by atoms with van der Waals surface area (Å²) in [6, 6.07) is 18.9. The van der Waals surface area contributed by atoms with Gasteiger partial charge < -0.3 is 0 Å². The van der Waals surface area contributed by atoms with E-state index in [4.69, 9.17) is 5.26 Å². The highest BCUT2D eigenvalue weighted by Gasteiger charge is 2.12. The Morgan fingerprint density at radius 2 is 1.62 bits per heavy atom. The van der Waals surface area contributed by atoms with Crippen LogP contribution in [0.25, 0.3) is 12.2 Å². The third-order valence-corrected chi connectivity index (χ3v) is 3.56. The first kappa shape index (κ1) is 15.1. The molecule has 2 aromatic rings. The Kier molecular flexibility index (Phi) is 4.60. The first-order valence-corrected chi connectivity index (χ1v) is 7.24. The number of hydrogen-bond acceptors (Lipinski definition) is 1. The van der Waals surface area contributed by atoms with Crippen LogP contribution in [0.2, 0.25) is 0 Å². The van der Waals surface area contributed by atoms with Crippen LogP contribution in [0.3, 0.4) is 0 Å². The maximum absolute atomic E-state index is 8.86. The van der Waals surface area contributed by atoms with Gasteiger partial charge in [0.2, 0.25) is 0 Å². The molecule has 1 nitrogen and oxygen atoms in total. The Bertz CT molecular complexity index is 664. The molecule has 0 radical (unpaired) electrons. The van der Waals surface area contributed by atoms with Crippen molar-refractivity contribution in [1.82, 2.24) is 0 Å². The topological polar surface area (TPSA) is 23.8 Å². The standard InChI is InChI=1S/C20H21N/c1-20(2,3)19-12-9-16(10-13-19)8-11-17-6-4-5-7-18(17)14-15-21/h4-13H,14H2,1-3H3/b11-8+. The molecule has 0 bridgehead atoms. The first-order chi connectivity index (χ1) is 10.0. The quantitative estimate of drug-likeness (QED) is 0.704. The molecule has 0 spiro atoms. The Labute approximate surface area is 127 Å². The van der Waals surface area contributed by atoms with Crippen LogP contribution in [0.4, 0.5) is 0 Å². The first-order valence-electron chi connectivity index (χ1n) is 7.24. The van der Waals surface area contributed by atoms with E-state index < -0.39 is 0 Å². The second-order valence-electron chi connectivity index (χ2n) is 6.24. The zero-order valence-electron chi connectivity index (χ0n) is 12.9. The van der Waals surface area contributed by atoms with Crippen LogP contribution in [-0.4, -0.2) is 0 Å². The van der Waals surface area contributed by atoms with Crippen molar-refractivity contribution in [2.45, 2.75) is 32.6 Å². The van der Waals surface area contributed by atoms with Crippen molar-refractivity contribution in [3.8, 4) is 6.07 Å². The molecule has 0 saturated carbocycles. The van der Waals surface area contributed by atoms with Gasteiger partial charge in [-0.05, 0) is 27.7 Å². The lowest BCUT2D eigenvalue weighted by Gasteiger charge is -2.18. The van der Waals surface area contributed by atoms with Crippen LogP contribution >= 0.6 is 0 Å². The van der Waals surface area contributed by atoms with Gasteiger partial charge in [0.1, 0.15) is 0 Å². The molecule has 0 N–H and O–H groups in total. The molecule has 1 heteroatoms. The molecule has 0 atom stereocenters. The molecular formula is C20H21N. The summed E-state index contributed by atoms with van der Waals surface area (Å²) in [6.45, 7) is 6.65. The number of nitriles is 1. The van der Waals surface area contributed by atoms with E-state index >= 15 is 0 Å². The SMILES string of the molecule is CC(C)(C)c1ccc(/C=C/c2ccccc2CC#N)cc1. The van der Waals surface area contributed by atoms with Gasteiger partial charge in [0.05, 0.1) is 12.5 Å². The van der Waals surface area contributed by atoms with Crippen LogP contribution in [0.15, 0.2) is 48.5 Å². The van der Waals surface area contributed by atoms with E-state index in [0.717, 1.165) is 11.1 Å². The van der Waals surface area contributed by atoms with Gasteiger partial charge in [-0.1, -0.05) is 81.5 Å². The molecule has 0 aliphatic rings. The van der Waals surface area contributed by atoms with Crippen molar-refractivity contribution in [2.24, 2.45) is 0 Å². The second-order valence-corrected chi connectivity index (χ2v) is 6.24. The van der Waals surface area contributed by atoms with E-state index in [9.17, 15) is 0 Å². The average molecular weight is 275 g/mol. The van der Waals surface area contributed by atoms with E-state index in [-0.39, 0.29) is 5.41 Å². The van der Waals surface area contributed by atoms with Crippen molar-refractivity contribution >= 4 is 12.2 Å². The van der Waals surface area contributed by atoms with Crippen molar-refractivity contribution in [3.05, 3.63) is 70.8 Å². The Hall–Kier alpha value is -2.33. The van der Waals surface area contributed by atoms with Gasteiger partial charge in [-0.15, -0.1) is 0 Å². The minimum absolute atomic E-state index is 0.182. The summed E-state index contributed by atoms with van der Waals surface area (Å²) >= 11 is 0. The van der Waals surface area contributed by atoms with E-state index in [1.807, 2.05) is 24.3 Å². The van der Waals surface area contributed by atoms with Crippen molar-refractivity contribution < 1.29 is 0 Å². The molecule has 106 valence electrons. The van der Waals surface area contributed by atoms with Gasteiger partial charge in [-0.2, -0.15) is 5.26 Å². The molecule has 0 unspecified atom stereocenters. The van der Waals surface area contributed by atoms with Crippen molar-refractivity contribution in [3.63, 3.8) is 0 Å². The Morgan fingerprint density at radius 1 is 0.952 bits per heavy atom. The van der Waals surface area contributed by atoms with E-state index in [1.165, 1.54) is 11.1 Å². The number of rotatable bonds is 3. The maximum atomic E-state index is 8.86. The van der Waals surface area contributed by atoms with Crippen LogP contribution in [0, 0.1) is 11.3 Å². The Balaban J connectivity index is 2.20. The third kappa shape index (κ3) is 4.07. The molecule has 2 aromatic carbocycles. The maximum Gasteiger partial charge on any atom is 0.0669 e. The summed E-state index contributed by atoms with van der Waals surface area (Å²) in [5, 5.41) is 8.86. The third-order valence-electron chi connectivity index (χ3n) is 3.56. The second kappa shape index (κ2) is 6.41. The molecule has 0 amide bonds. The molecule has 0 heterocycles. The monoisotopic (exact) mass is 275 g/mol. The predicted octanol–water partition coefficient (Wildman–Crippen LogP) is 5.22. The predicted molar refractivity (Wildman–Crippen MR) is 89.8 cm³/mol. The van der Waals surface area contributed by atoms with E-state index in [1.54, 1.807) is 0 Å². The highest BCUT2D eigenvalue weighted by atomic mass is 14.2. The van der Waals surface area contributed by atoms with Crippen LogP contribution in [0.1, 0.15) is 43.0 Å². The molecule has 0 fully saturated rings. The van der Waals surface area contributed by atoms with Crippen molar-refractivity contribution in [1.29, 1.82) is 5.26 Å². The van der Waals surface area contributed by atoms with Gasteiger partial charge in [0, 0.05) is 0 Å². The lowest BCUT2D eigenvalue weighted by Crippen LogP contribution is -2.10. The van der Waals surface area contributed by atoms with Crippen LogP contribution < -0.4 is 0 Å².